The summed E-state index contributed by atoms with van der Waals surface area (Å²) >= 11 is 2.59. The van der Waals surface area contributed by atoms with E-state index in [2.05, 4.69) is 0 Å². The molecule has 0 fully saturated rings. The van der Waals surface area contributed by atoms with Crippen molar-refractivity contribution in [3.63, 3.8) is 0 Å². The van der Waals surface area contributed by atoms with Crippen molar-refractivity contribution < 1.29 is 38.6 Å². The summed E-state index contributed by atoms with van der Waals surface area (Å²) in [4.78, 5) is 69.8. The van der Waals surface area contributed by atoms with E-state index in [9.17, 15) is 29.1 Å². The van der Waals surface area contributed by atoms with Crippen LogP contribution in [0.15, 0.2) is 145 Å². The van der Waals surface area contributed by atoms with E-state index in [1.165, 1.54) is 22.7 Å². The first-order chi connectivity index (χ1) is 29.2. The van der Waals surface area contributed by atoms with Crippen LogP contribution < -0.4 is 0 Å². The topological polar surface area (TPSA) is 124 Å². The van der Waals surface area contributed by atoms with Crippen LogP contribution in [0.2, 0.25) is 0 Å². The minimum absolute atomic E-state index is 0.0227. The molecule has 0 amide bonds. The van der Waals surface area contributed by atoms with E-state index in [-0.39, 0.29) is 52.8 Å². The summed E-state index contributed by atoms with van der Waals surface area (Å²) in [6.45, 7) is 0.0561. The Labute approximate surface area is 350 Å². The summed E-state index contributed by atoms with van der Waals surface area (Å²) in [5.74, 6) is -2.19. The van der Waals surface area contributed by atoms with Gasteiger partial charge in [-0.2, -0.15) is 0 Å². The van der Waals surface area contributed by atoms with E-state index in [1.54, 1.807) is 84.9 Å². The highest BCUT2D eigenvalue weighted by molar-refractivity contribution is 7.22. The van der Waals surface area contributed by atoms with Crippen LogP contribution in [-0.2, 0) is 22.7 Å². The van der Waals surface area contributed by atoms with Crippen molar-refractivity contribution in [1.29, 1.82) is 0 Å². The molecular weight excluding hydrogens is 793 g/mol. The Morgan fingerprint density at radius 1 is 0.533 bits per heavy atom. The van der Waals surface area contributed by atoms with Gasteiger partial charge in [0.15, 0.2) is 17.3 Å². The third-order valence-corrected chi connectivity index (χ3v) is 13.1. The molecule has 10 heteroatoms. The highest BCUT2D eigenvalue weighted by Crippen LogP contribution is 2.45. The second-order valence-electron chi connectivity index (χ2n) is 14.5. The summed E-state index contributed by atoms with van der Waals surface area (Å²) in [7, 11) is 0. The molecule has 6 aromatic carbocycles. The van der Waals surface area contributed by atoms with Crippen molar-refractivity contribution in [3.05, 3.63) is 199 Å². The van der Waals surface area contributed by atoms with Gasteiger partial charge in [-0.15, -0.1) is 22.7 Å². The van der Waals surface area contributed by atoms with Crippen LogP contribution in [0.5, 0.6) is 0 Å². The zero-order valence-corrected chi connectivity index (χ0v) is 33.1. The van der Waals surface area contributed by atoms with Crippen molar-refractivity contribution in [1.82, 2.24) is 0 Å². The van der Waals surface area contributed by atoms with Gasteiger partial charge >= 0.3 is 11.9 Å². The molecule has 0 aliphatic heterocycles. The lowest BCUT2D eigenvalue weighted by Gasteiger charge is -2.12. The maximum atomic E-state index is 14.1. The minimum Gasteiger partial charge on any atom is -0.457 e. The Balaban J connectivity index is 1.16. The van der Waals surface area contributed by atoms with Crippen molar-refractivity contribution >= 4 is 95.1 Å². The molecule has 8 aromatic rings. The van der Waals surface area contributed by atoms with Crippen LogP contribution in [0.3, 0.4) is 0 Å². The van der Waals surface area contributed by atoms with E-state index in [0.29, 0.717) is 63.0 Å². The van der Waals surface area contributed by atoms with Crippen molar-refractivity contribution in [2.45, 2.75) is 19.3 Å². The number of hydrogen-bond acceptors (Lipinski definition) is 10. The van der Waals surface area contributed by atoms with Crippen LogP contribution in [0.25, 0.3) is 43.1 Å². The molecule has 2 aliphatic rings. The second kappa shape index (κ2) is 14.9. The first-order valence-corrected chi connectivity index (χ1v) is 20.7. The lowest BCUT2D eigenvalue weighted by Crippen LogP contribution is -2.07. The summed E-state index contributed by atoms with van der Waals surface area (Å²) in [5, 5.41) is 13.6. The van der Waals surface area contributed by atoms with Crippen LogP contribution in [0, 0.1) is 0 Å². The predicted molar refractivity (Wildman–Crippen MR) is 233 cm³/mol. The Morgan fingerprint density at radius 2 is 0.983 bits per heavy atom. The molecule has 0 bridgehead atoms. The van der Waals surface area contributed by atoms with Gasteiger partial charge in [-0.05, 0) is 53.1 Å². The number of aliphatic hydroxyl groups is 1. The number of esters is 2. The Kier molecular flexibility index (Phi) is 9.25. The molecule has 2 heterocycles. The molecule has 0 saturated carbocycles. The highest BCUT2D eigenvalue weighted by Gasteiger charge is 2.34. The number of Topliss-reactive ketones (excluding diaryl/α,β-unsaturated/α-hetero) is 3. The zero-order valence-electron chi connectivity index (χ0n) is 31.5. The van der Waals surface area contributed by atoms with Crippen LogP contribution in [-0.4, -0.2) is 34.4 Å². The number of carbonyl (C=O) groups is 5. The maximum Gasteiger partial charge on any atom is 0.339 e. The standard InChI is InChI=1S/C50H30O8S2/c51-43-31-15-7-8-16-32(31)44(52)41(43)21-29-19-35-39(49(55)57-25-27-11-3-1-4-12-27)23-37-38(47(35)59-29)24-40(50(56)58-26-28-13-5-2-6-14-28)36-20-30(60-48(36)37)22-42-45(53)33-17-9-10-18-34(33)46(42)54/h1-24,43,51H,25-26H2/b41-21+. The SMILES string of the molecule is O=C1C(=Cc2cc3c(C(=O)OCc4ccccc4)cc4c(cc(C(=O)OCc5ccccc5)c5cc(/C=C6/C(=O)c7ccccc7C6O)sc54)c3s2)C(=O)c2ccccc21. The molecule has 1 atom stereocenters. The minimum atomic E-state index is -1.12. The number of allylic oxidation sites excluding steroid dienone is 1. The molecule has 0 saturated heterocycles. The Hall–Kier alpha value is -7.11. The first kappa shape index (κ1) is 37.2. The zero-order chi connectivity index (χ0) is 41.1. The van der Waals surface area contributed by atoms with Gasteiger partial charge in [0.25, 0.3) is 0 Å². The average molecular weight is 823 g/mol. The molecule has 60 heavy (non-hydrogen) atoms. The van der Waals surface area contributed by atoms with Crippen LogP contribution in [0.1, 0.15) is 84.3 Å². The first-order valence-electron chi connectivity index (χ1n) is 19.1. The van der Waals surface area contributed by atoms with Gasteiger partial charge < -0.3 is 14.6 Å². The maximum absolute atomic E-state index is 14.1. The summed E-state index contributed by atoms with van der Waals surface area (Å²) in [6.07, 6.45) is 2.09. The average Bonchev–Trinajstić information content (AvgIpc) is 4.03. The van der Waals surface area contributed by atoms with Crippen molar-refractivity contribution in [2.75, 3.05) is 0 Å². The third-order valence-electron chi connectivity index (χ3n) is 10.9. The number of fused-ring (bicyclic) bond motifs is 7. The summed E-state index contributed by atoms with van der Waals surface area (Å²) < 4.78 is 13.0. The molecule has 2 aliphatic carbocycles. The van der Waals surface area contributed by atoms with Crippen LogP contribution in [0.4, 0.5) is 0 Å². The van der Waals surface area contributed by atoms with E-state index >= 15 is 0 Å². The lowest BCUT2D eigenvalue weighted by atomic mass is 9.98. The third kappa shape index (κ3) is 6.38. The number of rotatable bonds is 8. The molecule has 0 spiro atoms. The van der Waals surface area contributed by atoms with Crippen molar-refractivity contribution in [3.8, 4) is 0 Å². The van der Waals surface area contributed by atoms with E-state index in [4.69, 9.17) is 9.47 Å². The van der Waals surface area contributed by atoms with Crippen LogP contribution >= 0.6 is 22.7 Å². The number of ketones is 3. The van der Waals surface area contributed by atoms with Gasteiger partial charge in [0.2, 0.25) is 0 Å². The van der Waals surface area contributed by atoms with Gasteiger partial charge in [-0.3, -0.25) is 14.4 Å². The predicted octanol–water partition coefficient (Wildman–Crippen LogP) is 10.8. The molecule has 1 N–H and O–H groups in total. The van der Waals surface area contributed by atoms with Gasteiger partial charge in [-0.25, -0.2) is 9.59 Å². The largest absolute Gasteiger partial charge is 0.457 e. The number of thiophene rings is 2. The number of ether oxygens (including phenoxy) is 2. The fraction of sp³-hybridized carbons (Fsp3) is 0.0600. The Morgan fingerprint density at radius 3 is 1.48 bits per heavy atom. The summed E-state index contributed by atoms with van der Waals surface area (Å²) in [6, 6.07) is 39.3. The smallest absolute Gasteiger partial charge is 0.339 e. The number of benzene rings is 6. The van der Waals surface area contributed by atoms with E-state index in [0.717, 1.165) is 11.1 Å². The Bertz CT molecular complexity index is 3170. The second-order valence-corrected chi connectivity index (χ2v) is 16.7. The van der Waals surface area contributed by atoms with Crippen molar-refractivity contribution in [2.24, 2.45) is 0 Å². The molecule has 10 rings (SSSR count). The highest BCUT2D eigenvalue weighted by atomic mass is 32.1. The number of carbonyl (C=O) groups excluding carboxylic acids is 5. The fourth-order valence-corrected chi connectivity index (χ4v) is 10.2. The summed E-state index contributed by atoms with van der Waals surface area (Å²) in [5.41, 5.74) is 4.01. The van der Waals surface area contributed by atoms with Gasteiger partial charge in [0.1, 0.15) is 19.3 Å². The molecule has 0 radical (unpaired) electrons. The quantitative estimate of drug-likeness (QED) is 0.0913. The molecular formula is C50H30O8S2. The lowest BCUT2D eigenvalue weighted by molar-refractivity contribution is 0.0466. The van der Waals surface area contributed by atoms with Gasteiger partial charge in [0, 0.05) is 63.0 Å². The number of aliphatic hydroxyl groups excluding tert-OH is 1. The normalized spacial score (nSPS) is 15.3. The van der Waals surface area contributed by atoms with Gasteiger partial charge in [-0.1, -0.05) is 109 Å². The monoisotopic (exact) mass is 822 g/mol. The molecule has 8 nitrogen and oxygen atoms in total. The fourth-order valence-electron chi connectivity index (χ4n) is 7.91. The molecule has 1 unspecified atom stereocenters. The van der Waals surface area contributed by atoms with Gasteiger partial charge in [0.05, 0.1) is 16.7 Å². The van der Waals surface area contributed by atoms with E-state index in [1.807, 2.05) is 60.7 Å². The van der Waals surface area contributed by atoms with E-state index < -0.39 is 18.0 Å². The molecule has 290 valence electrons. The molecule has 2 aromatic heterocycles. The number of hydrogen-bond donors (Lipinski definition) is 1.